The molecule has 0 atom stereocenters. The fourth-order valence-corrected chi connectivity index (χ4v) is 2.66. The van der Waals surface area contributed by atoms with Crippen LogP contribution in [0.4, 0.5) is 0 Å². The lowest BCUT2D eigenvalue weighted by Gasteiger charge is -2.16. The Balaban J connectivity index is 1.94. The quantitative estimate of drug-likeness (QED) is 0.602. The maximum absolute atomic E-state index is 12.4. The van der Waals surface area contributed by atoms with Crippen LogP contribution in [0.15, 0.2) is 30.5 Å². The van der Waals surface area contributed by atoms with E-state index in [9.17, 15) is 4.79 Å². The van der Waals surface area contributed by atoms with Crippen molar-refractivity contribution in [3.8, 4) is 0 Å². The average Bonchev–Trinajstić information content (AvgIpc) is 3.09. The van der Waals surface area contributed by atoms with Gasteiger partial charge in [0.2, 0.25) is 0 Å². The summed E-state index contributed by atoms with van der Waals surface area (Å²) in [6.45, 7) is 6.53. The normalized spacial score (nSPS) is 11.3. The lowest BCUT2D eigenvalue weighted by atomic mass is 10.1. The summed E-state index contributed by atoms with van der Waals surface area (Å²) < 4.78 is 12.5. The zero-order chi connectivity index (χ0) is 19.6. The Bertz CT molecular complexity index is 711. The summed E-state index contributed by atoms with van der Waals surface area (Å²) in [7, 11) is 4.04. The Morgan fingerprint density at radius 1 is 1.19 bits per heavy atom. The molecule has 8 nitrogen and oxygen atoms in total. The van der Waals surface area contributed by atoms with Gasteiger partial charge in [0, 0.05) is 26.3 Å². The van der Waals surface area contributed by atoms with E-state index in [1.54, 1.807) is 10.9 Å². The van der Waals surface area contributed by atoms with E-state index in [4.69, 9.17) is 9.47 Å². The molecule has 0 aliphatic carbocycles. The molecule has 148 valence electrons. The van der Waals surface area contributed by atoms with Crippen LogP contribution < -0.4 is 5.32 Å². The third-order valence-electron chi connectivity index (χ3n) is 3.86. The molecule has 0 spiro atoms. The highest BCUT2D eigenvalue weighted by atomic mass is 16.7. The summed E-state index contributed by atoms with van der Waals surface area (Å²) in [5.74, 6) is -0.259. The number of carbonyl (C=O) groups excluding carboxylic acids is 1. The van der Waals surface area contributed by atoms with E-state index in [2.05, 4.69) is 26.6 Å². The molecule has 1 heterocycles. The van der Waals surface area contributed by atoms with Gasteiger partial charge in [0.1, 0.15) is 0 Å². The van der Waals surface area contributed by atoms with Crippen LogP contribution in [-0.2, 0) is 29.1 Å². The van der Waals surface area contributed by atoms with Gasteiger partial charge in [-0.25, -0.2) is 4.68 Å². The predicted octanol–water partition coefficient (Wildman–Crippen LogP) is 1.67. The molecule has 0 radical (unpaired) electrons. The van der Waals surface area contributed by atoms with Crippen LogP contribution in [0.1, 0.15) is 35.5 Å². The Hall–Kier alpha value is -2.29. The standard InChI is InChI=1S/C19H29N5O3/c1-5-26-18(27-6-2)14-24-13-17(21-22-24)19(25)20-11-15-9-7-8-10-16(15)12-23(3)4/h7-10,13,18H,5-6,11-12,14H2,1-4H3,(H,20,25). The van der Waals surface area contributed by atoms with Crippen LogP contribution in [0, 0.1) is 0 Å². The molecule has 1 aromatic heterocycles. The maximum Gasteiger partial charge on any atom is 0.273 e. The van der Waals surface area contributed by atoms with Gasteiger partial charge in [-0.3, -0.25) is 4.79 Å². The van der Waals surface area contributed by atoms with Crippen molar-refractivity contribution in [3.63, 3.8) is 0 Å². The van der Waals surface area contributed by atoms with E-state index in [1.165, 1.54) is 5.56 Å². The van der Waals surface area contributed by atoms with Crippen LogP contribution in [0.5, 0.6) is 0 Å². The minimum absolute atomic E-state index is 0.259. The van der Waals surface area contributed by atoms with Crippen molar-refractivity contribution in [2.75, 3.05) is 27.3 Å². The van der Waals surface area contributed by atoms with E-state index in [0.717, 1.165) is 12.1 Å². The first kappa shape index (κ1) is 21.0. The minimum Gasteiger partial charge on any atom is -0.351 e. The summed E-state index contributed by atoms with van der Waals surface area (Å²) in [5.41, 5.74) is 2.54. The van der Waals surface area contributed by atoms with Crippen LogP contribution >= 0.6 is 0 Å². The largest absolute Gasteiger partial charge is 0.351 e. The Kier molecular flexibility index (Phi) is 8.38. The van der Waals surface area contributed by atoms with Crippen LogP contribution in [-0.4, -0.2) is 59.4 Å². The third-order valence-corrected chi connectivity index (χ3v) is 3.86. The van der Waals surface area contributed by atoms with Gasteiger partial charge in [-0.15, -0.1) is 5.10 Å². The summed E-state index contributed by atoms with van der Waals surface area (Å²) in [6, 6.07) is 8.06. The zero-order valence-corrected chi connectivity index (χ0v) is 16.5. The number of aromatic nitrogens is 3. The molecular weight excluding hydrogens is 346 g/mol. The van der Waals surface area contributed by atoms with Gasteiger partial charge in [0.15, 0.2) is 12.0 Å². The van der Waals surface area contributed by atoms with Gasteiger partial charge < -0.3 is 19.7 Å². The molecule has 1 aromatic carbocycles. The second-order valence-electron chi connectivity index (χ2n) is 6.36. The van der Waals surface area contributed by atoms with Crippen LogP contribution in [0.25, 0.3) is 0 Å². The highest BCUT2D eigenvalue weighted by Gasteiger charge is 2.15. The lowest BCUT2D eigenvalue weighted by Crippen LogP contribution is -2.25. The number of nitrogens with one attached hydrogen (secondary N) is 1. The monoisotopic (exact) mass is 375 g/mol. The second kappa shape index (κ2) is 10.8. The minimum atomic E-state index is -0.407. The summed E-state index contributed by atoms with van der Waals surface area (Å²) >= 11 is 0. The van der Waals surface area contributed by atoms with Gasteiger partial charge >= 0.3 is 0 Å². The second-order valence-corrected chi connectivity index (χ2v) is 6.36. The van der Waals surface area contributed by atoms with Crippen molar-refractivity contribution in [2.45, 2.75) is 39.8 Å². The molecule has 8 heteroatoms. The predicted molar refractivity (Wildman–Crippen MR) is 102 cm³/mol. The van der Waals surface area contributed by atoms with Crippen molar-refractivity contribution < 1.29 is 14.3 Å². The fraction of sp³-hybridized carbons (Fsp3) is 0.526. The number of nitrogens with zero attached hydrogens (tertiary/aromatic N) is 4. The molecular formula is C19H29N5O3. The molecule has 0 aliphatic rings. The Morgan fingerprint density at radius 2 is 1.85 bits per heavy atom. The smallest absolute Gasteiger partial charge is 0.273 e. The summed E-state index contributed by atoms with van der Waals surface area (Å²) in [4.78, 5) is 14.5. The van der Waals surface area contributed by atoms with Crippen LogP contribution in [0.2, 0.25) is 0 Å². The molecule has 0 bridgehead atoms. The summed E-state index contributed by atoms with van der Waals surface area (Å²) in [5, 5.41) is 10.9. The number of amides is 1. The fourth-order valence-electron chi connectivity index (χ4n) is 2.66. The number of ether oxygens (including phenoxy) is 2. The van der Waals surface area contributed by atoms with Gasteiger partial charge in [-0.1, -0.05) is 29.5 Å². The molecule has 0 unspecified atom stereocenters. The topological polar surface area (TPSA) is 81.5 Å². The van der Waals surface area contributed by atoms with E-state index >= 15 is 0 Å². The highest BCUT2D eigenvalue weighted by Crippen LogP contribution is 2.10. The van der Waals surface area contributed by atoms with Gasteiger partial charge in [0.25, 0.3) is 5.91 Å². The third kappa shape index (κ3) is 6.74. The van der Waals surface area contributed by atoms with E-state index < -0.39 is 6.29 Å². The molecule has 0 saturated carbocycles. The SMILES string of the molecule is CCOC(Cn1cc(C(=O)NCc2ccccc2CN(C)C)nn1)OCC. The molecule has 2 aromatic rings. The lowest BCUT2D eigenvalue weighted by molar-refractivity contribution is -0.145. The molecule has 27 heavy (non-hydrogen) atoms. The van der Waals surface area contributed by atoms with Crippen LogP contribution in [0.3, 0.4) is 0 Å². The van der Waals surface area contributed by atoms with E-state index in [1.807, 2.05) is 46.1 Å². The van der Waals surface area contributed by atoms with E-state index in [-0.39, 0.29) is 11.6 Å². The highest BCUT2D eigenvalue weighted by molar-refractivity contribution is 5.91. The first-order valence-corrected chi connectivity index (χ1v) is 9.16. The zero-order valence-electron chi connectivity index (χ0n) is 16.5. The molecule has 0 aliphatic heterocycles. The molecule has 1 N–H and O–H groups in total. The van der Waals surface area contributed by atoms with Gasteiger partial charge in [-0.2, -0.15) is 0 Å². The average molecular weight is 375 g/mol. The number of hydrogen-bond acceptors (Lipinski definition) is 6. The number of hydrogen-bond donors (Lipinski definition) is 1. The molecule has 0 saturated heterocycles. The van der Waals surface area contributed by atoms with Gasteiger partial charge in [-0.05, 0) is 39.1 Å². The molecule has 0 fully saturated rings. The van der Waals surface area contributed by atoms with Crippen molar-refractivity contribution in [1.82, 2.24) is 25.2 Å². The van der Waals surface area contributed by atoms with E-state index in [0.29, 0.717) is 26.3 Å². The Labute approximate surface area is 160 Å². The van der Waals surface area contributed by atoms with Crippen molar-refractivity contribution >= 4 is 5.91 Å². The number of rotatable bonds is 11. The van der Waals surface area contributed by atoms with Gasteiger partial charge in [0.05, 0.1) is 12.7 Å². The first-order chi connectivity index (χ1) is 13.0. The maximum atomic E-state index is 12.4. The van der Waals surface area contributed by atoms with Crippen molar-refractivity contribution in [2.24, 2.45) is 0 Å². The molecule has 2 rings (SSSR count). The summed E-state index contributed by atoms with van der Waals surface area (Å²) in [6.07, 6.45) is 1.20. The number of carbonyl (C=O) groups is 1. The molecule has 1 amide bonds. The first-order valence-electron chi connectivity index (χ1n) is 9.16. The van der Waals surface area contributed by atoms with Crippen molar-refractivity contribution in [1.29, 1.82) is 0 Å². The number of benzene rings is 1. The Morgan fingerprint density at radius 3 is 2.48 bits per heavy atom. The van der Waals surface area contributed by atoms with Crippen molar-refractivity contribution in [3.05, 3.63) is 47.3 Å².